The largest absolute Gasteiger partial charge is 0.479 e. The first-order chi connectivity index (χ1) is 13.7. The number of non-ortho nitro benzene ring substituents is 1. The smallest absolute Gasteiger partial charge is 0.343 e. The molecule has 9 nitrogen and oxygen atoms in total. The van der Waals surface area contributed by atoms with Gasteiger partial charge in [0.2, 0.25) is 10.0 Å². The fourth-order valence-electron chi connectivity index (χ4n) is 2.06. The van der Waals surface area contributed by atoms with E-state index in [1.54, 1.807) is 6.07 Å². The molecule has 29 heavy (non-hydrogen) atoms. The molecule has 0 saturated carbocycles. The number of hydrogen-bond acceptors (Lipinski definition) is 8. The number of nitrogens with zero attached hydrogens (tertiary/aromatic N) is 1. The zero-order valence-electron chi connectivity index (χ0n) is 15.2. The van der Waals surface area contributed by atoms with Crippen LogP contribution in [0.25, 0.3) is 0 Å². The van der Waals surface area contributed by atoms with E-state index in [0.717, 1.165) is 24.3 Å². The number of nitrogens with one attached hydrogen (secondary N) is 1. The molecule has 2 aromatic carbocycles. The highest BCUT2D eigenvalue weighted by molar-refractivity contribution is 7.99. The van der Waals surface area contributed by atoms with E-state index in [-0.39, 0.29) is 22.9 Å². The maximum Gasteiger partial charge on any atom is 0.343 e. The number of carbonyl (C=O) groups excluding carboxylic acids is 1. The summed E-state index contributed by atoms with van der Waals surface area (Å²) in [6.07, 6.45) is 0. The first-order valence-electron chi connectivity index (χ1n) is 8.09. The van der Waals surface area contributed by atoms with Crippen molar-refractivity contribution in [3.63, 3.8) is 0 Å². The maximum atomic E-state index is 14.0. The summed E-state index contributed by atoms with van der Waals surface area (Å²) in [5.74, 6) is -1.08. The van der Waals surface area contributed by atoms with Crippen molar-refractivity contribution in [2.75, 3.05) is 26.0 Å². The van der Waals surface area contributed by atoms with Crippen molar-refractivity contribution in [3.8, 4) is 5.75 Å². The molecule has 0 saturated heterocycles. The lowest BCUT2D eigenvalue weighted by Crippen LogP contribution is -2.26. The molecule has 0 atom stereocenters. The Labute approximate surface area is 170 Å². The van der Waals surface area contributed by atoms with Crippen LogP contribution in [0.1, 0.15) is 0 Å². The van der Waals surface area contributed by atoms with Gasteiger partial charge in [-0.15, -0.1) is 11.8 Å². The lowest BCUT2D eigenvalue weighted by atomic mass is 10.3. The monoisotopic (exact) mass is 444 g/mol. The van der Waals surface area contributed by atoms with Crippen LogP contribution >= 0.6 is 11.8 Å². The van der Waals surface area contributed by atoms with Gasteiger partial charge in [-0.25, -0.2) is 22.3 Å². The molecule has 0 spiro atoms. The van der Waals surface area contributed by atoms with E-state index >= 15 is 0 Å². The Morgan fingerprint density at radius 1 is 1.24 bits per heavy atom. The van der Waals surface area contributed by atoms with Gasteiger partial charge in [0, 0.05) is 29.3 Å². The second-order valence-electron chi connectivity index (χ2n) is 5.45. The van der Waals surface area contributed by atoms with Gasteiger partial charge in [-0.05, 0) is 30.3 Å². The first-order valence-corrected chi connectivity index (χ1v) is 10.6. The zero-order chi connectivity index (χ0) is 21.4. The Balaban J connectivity index is 1.85. The molecule has 0 aromatic heterocycles. The third-order valence-electron chi connectivity index (χ3n) is 3.50. The zero-order valence-corrected chi connectivity index (χ0v) is 16.8. The average Bonchev–Trinajstić information content (AvgIpc) is 2.70. The summed E-state index contributed by atoms with van der Waals surface area (Å²) in [5.41, 5.74) is -0.208. The van der Waals surface area contributed by atoms with Gasteiger partial charge in [0.25, 0.3) is 5.69 Å². The number of carbonyl (C=O) groups is 1. The number of sulfonamides is 1. The maximum absolute atomic E-state index is 14.0. The van der Waals surface area contributed by atoms with E-state index in [1.807, 2.05) is 0 Å². The minimum Gasteiger partial charge on any atom is -0.479 e. The second kappa shape index (κ2) is 10.2. The highest BCUT2D eigenvalue weighted by Gasteiger charge is 2.15. The number of thioether (sulfide) groups is 1. The summed E-state index contributed by atoms with van der Waals surface area (Å²) >= 11 is 1.21. The van der Waals surface area contributed by atoms with E-state index in [4.69, 9.17) is 4.74 Å². The number of esters is 1. The van der Waals surface area contributed by atoms with Crippen molar-refractivity contribution in [1.82, 2.24) is 4.72 Å². The molecule has 1 N–H and O–H groups in total. The van der Waals surface area contributed by atoms with Gasteiger partial charge in [0.05, 0.1) is 16.9 Å². The van der Waals surface area contributed by atoms with Crippen LogP contribution in [-0.4, -0.2) is 45.3 Å². The molecule has 0 amide bonds. The van der Waals surface area contributed by atoms with Crippen LogP contribution < -0.4 is 9.46 Å². The Kier molecular flexibility index (Phi) is 7.93. The first kappa shape index (κ1) is 22.6. The lowest BCUT2D eigenvalue weighted by molar-refractivity contribution is -0.384. The van der Waals surface area contributed by atoms with Crippen LogP contribution in [0.3, 0.4) is 0 Å². The predicted octanol–water partition coefficient (Wildman–Crippen LogP) is 2.36. The fourth-order valence-corrected chi connectivity index (χ4v) is 4.01. The molecule has 2 rings (SSSR count). The highest BCUT2D eigenvalue weighted by atomic mass is 32.2. The van der Waals surface area contributed by atoms with E-state index in [1.165, 1.54) is 31.0 Å². The number of benzene rings is 2. The molecule has 0 aliphatic rings. The van der Waals surface area contributed by atoms with Crippen LogP contribution in [0.5, 0.6) is 5.75 Å². The van der Waals surface area contributed by atoms with E-state index < -0.39 is 33.3 Å². The number of methoxy groups -OCH3 is 1. The summed E-state index contributed by atoms with van der Waals surface area (Å²) in [4.78, 5) is 21.5. The SMILES string of the molecule is COC(=O)COc1ccc(SCCNS(=O)(=O)c2ccc([N+](=O)[O-])cc2)cc1F. The average molecular weight is 444 g/mol. The van der Waals surface area contributed by atoms with Crippen molar-refractivity contribution in [3.05, 3.63) is 58.4 Å². The molecule has 156 valence electrons. The van der Waals surface area contributed by atoms with Crippen molar-refractivity contribution >= 4 is 33.4 Å². The van der Waals surface area contributed by atoms with Crippen molar-refractivity contribution in [2.24, 2.45) is 0 Å². The topological polar surface area (TPSA) is 125 Å². The summed E-state index contributed by atoms with van der Waals surface area (Å²) in [5, 5.41) is 10.6. The molecule has 2 aromatic rings. The number of hydrogen-bond donors (Lipinski definition) is 1. The van der Waals surface area contributed by atoms with Gasteiger partial charge >= 0.3 is 5.97 Å². The molecule has 0 fully saturated rings. The number of nitro groups is 1. The van der Waals surface area contributed by atoms with Gasteiger partial charge in [-0.2, -0.15) is 0 Å². The highest BCUT2D eigenvalue weighted by Crippen LogP contribution is 2.25. The quantitative estimate of drug-likeness (QED) is 0.195. The number of halogens is 1. The van der Waals surface area contributed by atoms with Crippen LogP contribution in [0.2, 0.25) is 0 Å². The molecule has 0 aliphatic carbocycles. The van der Waals surface area contributed by atoms with Gasteiger partial charge < -0.3 is 9.47 Å². The molecule has 0 aliphatic heterocycles. The predicted molar refractivity (Wildman–Crippen MR) is 103 cm³/mol. The normalized spacial score (nSPS) is 11.1. The molecule has 12 heteroatoms. The summed E-state index contributed by atoms with van der Waals surface area (Å²) in [6, 6.07) is 8.66. The minimum absolute atomic E-state index is 0.0617. The molecular formula is C17H17FN2O7S2. The van der Waals surface area contributed by atoms with Gasteiger partial charge in [-0.3, -0.25) is 10.1 Å². The van der Waals surface area contributed by atoms with E-state index in [0.29, 0.717) is 10.6 Å². The number of rotatable bonds is 10. The Hall–Kier alpha value is -2.70. The summed E-state index contributed by atoms with van der Waals surface area (Å²) in [6.45, 7) is -0.351. The second-order valence-corrected chi connectivity index (χ2v) is 8.39. The van der Waals surface area contributed by atoms with Crippen molar-refractivity contribution in [2.45, 2.75) is 9.79 Å². The molecule has 0 heterocycles. The minimum atomic E-state index is -3.81. The third kappa shape index (κ3) is 6.69. The number of nitro benzene ring substituents is 1. The van der Waals surface area contributed by atoms with Gasteiger partial charge in [-0.1, -0.05) is 0 Å². The van der Waals surface area contributed by atoms with Crippen molar-refractivity contribution in [1.29, 1.82) is 0 Å². The third-order valence-corrected chi connectivity index (χ3v) is 5.97. The standard InChI is InChI=1S/C17H17FN2O7S2/c1-26-17(21)11-27-16-7-4-13(10-15(16)18)28-9-8-19-29(24,25)14-5-2-12(3-6-14)20(22)23/h2-7,10,19H,8-9,11H2,1H3. The Morgan fingerprint density at radius 3 is 2.52 bits per heavy atom. The molecule has 0 radical (unpaired) electrons. The van der Waals surface area contributed by atoms with Crippen LogP contribution in [0, 0.1) is 15.9 Å². The summed E-state index contributed by atoms with van der Waals surface area (Å²) in [7, 11) is -2.62. The fraction of sp³-hybridized carbons (Fsp3) is 0.235. The van der Waals surface area contributed by atoms with Crippen LogP contribution in [0.4, 0.5) is 10.1 Å². The lowest BCUT2D eigenvalue weighted by Gasteiger charge is -2.09. The number of ether oxygens (including phenoxy) is 2. The van der Waals surface area contributed by atoms with E-state index in [9.17, 15) is 27.7 Å². The molecular weight excluding hydrogens is 427 g/mol. The van der Waals surface area contributed by atoms with Crippen molar-refractivity contribution < 1.29 is 32.0 Å². The molecule has 0 bridgehead atoms. The van der Waals surface area contributed by atoms with Crippen LogP contribution in [-0.2, 0) is 19.6 Å². The Morgan fingerprint density at radius 2 is 1.93 bits per heavy atom. The van der Waals surface area contributed by atoms with E-state index in [2.05, 4.69) is 9.46 Å². The van der Waals surface area contributed by atoms with Crippen LogP contribution in [0.15, 0.2) is 52.3 Å². The van der Waals surface area contributed by atoms with Gasteiger partial charge in [0.15, 0.2) is 18.2 Å². The Bertz CT molecular complexity index is 982. The molecule has 0 unspecified atom stereocenters. The summed E-state index contributed by atoms with van der Waals surface area (Å²) < 4.78 is 50.1. The van der Waals surface area contributed by atoms with Gasteiger partial charge in [0.1, 0.15) is 0 Å².